The summed E-state index contributed by atoms with van der Waals surface area (Å²) in [6, 6.07) is 8.33. The number of hydrogen-bond donors (Lipinski definition) is 1. The highest BCUT2D eigenvalue weighted by atomic mass is 32.2. The molecule has 136 valence electrons. The molecule has 1 aromatic heterocycles. The Morgan fingerprint density at radius 3 is 2.62 bits per heavy atom. The number of thioether (sulfide) groups is 1. The maximum atomic E-state index is 11.7. The third-order valence-electron chi connectivity index (χ3n) is 3.76. The summed E-state index contributed by atoms with van der Waals surface area (Å²) < 4.78 is 1.96. The van der Waals surface area contributed by atoms with Crippen molar-refractivity contribution in [3.63, 3.8) is 0 Å². The fraction of sp³-hybridized carbons (Fsp3) is 0.350. The van der Waals surface area contributed by atoms with Crippen LogP contribution in [-0.4, -0.2) is 33.0 Å². The highest BCUT2D eigenvalue weighted by Gasteiger charge is 2.17. The predicted molar refractivity (Wildman–Crippen MR) is 107 cm³/mol. The molecule has 1 aromatic carbocycles. The number of hydrogen-bond acceptors (Lipinski definition) is 4. The van der Waals surface area contributed by atoms with Gasteiger partial charge in [0.25, 0.3) is 0 Å². The van der Waals surface area contributed by atoms with Gasteiger partial charge in [0.2, 0.25) is 5.91 Å². The number of terminal acetylenes is 1. The molecule has 0 saturated heterocycles. The zero-order chi connectivity index (χ0) is 19.2. The normalized spacial score (nSPS) is 11.0. The molecule has 2 aromatic rings. The van der Waals surface area contributed by atoms with Crippen LogP contribution in [0.1, 0.15) is 26.3 Å². The van der Waals surface area contributed by atoms with Crippen molar-refractivity contribution in [2.45, 2.75) is 37.9 Å². The molecular formula is C20H24N4OS. The second-order valence-electron chi connectivity index (χ2n) is 6.80. The van der Waals surface area contributed by atoms with Gasteiger partial charge in [-0.25, -0.2) is 0 Å². The number of benzene rings is 1. The van der Waals surface area contributed by atoms with E-state index >= 15 is 0 Å². The van der Waals surface area contributed by atoms with Crippen LogP contribution < -0.4 is 5.32 Å². The molecule has 0 spiro atoms. The molecule has 1 N–H and O–H groups in total. The number of nitrogens with one attached hydrogen (secondary N) is 1. The van der Waals surface area contributed by atoms with E-state index in [-0.39, 0.29) is 23.6 Å². The van der Waals surface area contributed by atoms with Crippen molar-refractivity contribution in [1.29, 1.82) is 0 Å². The van der Waals surface area contributed by atoms with Gasteiger partial charge in [0.05, 0.1) is 12.3 Å². The van der Waals surface area contributed by atoms with E-state index in [4.69, 9.17) is 6.42 Å². The lowest BCUT2D eigenvalue weighted by molar-refractivity contribution is -0.118. The van der Waals surface area contributed by atoms with E-state index < -0.39 is 0 Å². The Hall–Kier alpha value is -2.52. The minimum Gasteiger partial charge on any atom is -0.344 e. The van der Waals surface area contributed by atoms with E-state index in [0.717, 1.165) is 11.4 Å². The third kappa shape index (κ3) is 4.99. The molecule has 0 saturated carbocycles. The first-order valence-electron chi connectivity index (χ1n) is 8.34. The Balaban J connectivity index is 2.22. The second-order valence-corrected chi connectivity index (χ2v) is 7.74. The van der Waals surface area contributed by atoms with Crippen LogP contribution in [0, 0.1) is 12.3 Å². The van der Waals surface area contributed by atoms with Crippen LogP contribution in [0.2, 0.25) is 0 Å². The van der Waals surface area contributed by atoms with Crippen LogP contribution in [0.3, 0.4) is 0 Å². The SMILES string of the molecule is C#CCNC(=O)CSc1nnc(-c2ccc(C(C)(C)C)cc2)n1CC=C. The maximum Gasteiger partial charge on any atom is 0.231 e. The van der Waals surface area contributed by atoms with Gasteiger partial charge in [0, 0.05) is 12.1 Å². The van der Waals surface area contributed by atoms with Crippen molar-refractivity contribution >= 4 is 17.7 Å². The zero-order valence-electron chi connectivity index (χ0n) is 15.5. The standard InChI is InChI=1S/C20H24N4OS/c1-6-12-21-17(25)14-26-19-23-22-18(24(19)13-7-2)15-8-10-16(11-9-15)20(3,4)5/h1,7-11H,2,12-14H2,3-5H3,(H,21,25). The summed E-state index contributed by atoms with van der Waals surface area (Å²) in [6.45, 7) is 11.1. The molecule has 0 atom stereocenters. The zero-order valence-corrected chi connectivity index (χ0v) is 16.3. The smallest absolute Gasteiger partial charge is 0.231 e. The second kappa shape index (κ2) is 8.72. The summed E-state index contributed by atoms with van der Waals surface area (Å²) >= 11 is 1.33. The first kappa shape index (κ1) is 19.8. The fourth-order valence-corrected chi connectivity index (χ4v) is 3.13. The predicted octanol–water partition coefficient (Wildman–Crippen LogP) is 3.27. The Morgan fingerprint density at radius 1 is 1.35 bits per heavy atom. The summed E-state index contributed by atoms with van der Waals surface area (Å²) in [4.78, 5) is 11.7. The highest BCUT2D eigenvalue weighted by molar-refractivity contribution is 7.99. The average molecular weight is 369 g/mol. The number of amides is 1. The Kier molecular flexibility index (Phi) is 6.64. The molecule has 0 fully saturated rings. The first-order valence-corrected chi connectivity index (χ1v) is 9.33. The van der Waals surface area contributed by atoms with E-state index in [9.17, 15) is 4.79 Å². The van der Waals surface area contributed by atoms with Gasteiger partial charge in [-0.1, -0.05) is 68.8 Å². The van der Waals surface area contributed by atoms with Crippen molar-refractivity contribution in [3.05, 3.63) is 42.5 Å². The lowest BCUT2D eigenvalue weighted by Gasteiger charge is -2.19. The summed E-state index contributed by atoms with van der Waals surface area (Å²) in [5.74, 6) is 3.25. The molecule has 0 aliphatic heterocycles. The van der Waals surface area contributed by atoms with Crippen molar-refractivity contribution in [2.75, 3.05) is 12.3 Å². The quantitative estimate of drug-likeness (QED) is 0.463. The molecule has 1 heterocycles. The van der Waals surface area contributed by atoms with Crippen molar-refractivity contribution < 1.29 is 4.79 Å². The molecule has 0 aliphatic rings. The number of allylic oxidation sites excluding steroid dienone is 1. The van der Waals surface area contributed by atoms with Crippen LogP contribution >= 0.6 is 11.8 Å². The van der Waals surface area contributed by atoms with Crippen LogP contribution in [-0.2, 0) is 16.8 Å². The van der Waals surface area contributed by atoms with Gasteiger partial charge in [-0.05, 0) is 11.0 Å². The Morgan fingerprint density at radius 2 is 2.04 bits per heavy atom. The number of carbonyl (C=O) groups is 1. The number of carbonyl (C=O) groups excluding carboxylic acids is 1. The van der Waals surface area contributed by atoms with Crippen LogP contribution in [0.4, 0.5) is 0 Å². The molecule has 5 nitrogen and oxygen atoms in total. The molecule has 0 radical (unpaired) electrons. The topological polar surface area (TPSA) is 59.8 Å². The molecule has 6 heteroatoms. The fourth-order valence-electron chi connectivity index (χ4n) is 2.35. The number of rotatable bonds is 7. The Bertz CT molecular complexity index is 810. The molecule has 0 aliphatic carbocycles. The summed E-state index contributed by atoms with van der Waals surface area (Å²) in [5.41, 5.74) is 2.34. The minimum absolute atomic E-state index is 0.0973. The lowest BCUT2D eigenvalue weighted by Crippen LogP contribution is -2.25. The molecule has 0 unspecified atom stereocenters. The van der Waals surface area contributed by atoms with Gasteiger partial charge in [-0.15, -0.1) is 23.2 Å². The minimum atomic E-state index is -0.128. The maximum absolute atomic E-state index is 11.7. The van der Waals surface area contributed by atoms with E-state index in [0.29, 0.717) is 11.7 Å². The Labute approximate surface area is 159 Å². The average Bonchev–Trinajstić information content (AvgIpc) is 3.00. The largest absolute Gasteiger partial charge is 0.344 e. The summed E-state index contributed by atoms with van der Waals surface area (Å²) in [7, 11) is 0. The van der Waals surface area contributed by atoms with Gasteiger partial charge >= 0.3 is 0 Å². The third-order valence-corrected chi connectivity index (χ3v) is 4.72. The van der Waals surface area contributed by atoms with Gasteiger partial charge < -0.3 is 5.32 Å². The van der Waals surface area contributed by atoms with E-state index in [2.05, 4.69) is 73.1 Å². The monoisotopic (exact) mass is 368 g/mol. The highest BCUT2D eigenvalue weighted by Crippen LogP contribution is 2.27. The van der Waals surface area contributed by atoms with Crippen molar-refractivity contribution in [2.24, 2.45) is 0 Å². The van der Waals surface area contributed by atoms with Crippen LogP contribution in [0.5, 0.6) is 0 Å². The van der Waals surface area contributed by atoms with E-state index in [1.807, 2.05) is 4.57 Å². The first-order chi connectivity index (χ1) is 12.4. The lowest BCUT2D eigenvalue weighted by atomic mass is 9.87. The number of nitrogens with zero attached hydrogens (tertiary/aromatic N) is 3. The van der Waals surface area contributed by atoms with Gasteiger partial charge in [-0.3, -0.25) is 9.36 Å². The summed E-state index contributed by atoms with van der Waals surface area (Å²) in [6.07, 6.45) is 6.93. The van der Waals surface area contributed by atoms with Gasteiger partial charge in [0.15, 0.2) is 11.0 Å². The number of aromatic nitrogens is 3. The summed E-state index contributed by atoms with van der Waals surface area (Å²) in [5, 5.41) is 11.9. The molecule has 26 heavy (non-hydrogen) atoms. The van der Waals surface area contributed by atoms with E-state index in [1.165, 1.54) is 17.3 Å². The molecule has 2 rings (SSSR count). The van der Waals surface area contributed by atoms with E-state index in [1.54, 1.807) is 6.08 Å². The van der Waals surface area contributed by atoms with Gasteiger partial charge in [-0.2, -0.15) is 0 Å². The van der Waals surface area contributed by atoms with Crippen molar-refractivity contribution in [3.8, 4) is 23.7 Å². The molecular weight excluding hydrogens is 344 g/mol. The van der Waals surface area contributed by atoms with Crippen molar-refractivity contribution in [1.82, 2.24) is 20.1 Å². The molecule has 0 bridgehead atoms. The van der Waals surface area contributed by atoms with Crippen LogP contribution in [0.15, 0.2) is 42.1 Å². The van der Waals surface area contributed by atoms with Gasteiger partial charge in [0.1, 0.15) is 0 Å². The van der Waals surface area contributed by atoms with Crippen LogP contribution in [0.25, 0.3) is 11.4 Å². The molecule has 1 amide bonds.